The molecule has 0 amide bonds. The second-order valence-electron chi connectivity index (χ2n) is 5.86. The zero-order valence-electron chi connectivity index (χ0n) is 12.4. The monoisotopic (exact) mass is 262 g/mol. The highest BCUT2D eigenvalue weighted by Crippen LogP contribution is 2.21. The molecule has 0 fully saturated rings. The van der Waals surface area contributed by atoms with Crippen molar-refractivity contribution >= 4 is 0 Å². The summed E-state index contributed by atoms with van der Waals surface area (Å²) in [4.78, 5) is 4.38. The molecule has 0 bridgehead atoms. The van der Waals surface area contributed by atoms with Crippen molar-refractivity contribution in [2.45, 2.75) is 65.5 Å². The minimum Gasteiger partial charge on any atom is -0.335 e. The average molecular weight is 262 g/mol. The van der Waals surface area contributed by atoms with E-state index in [0.717, 1.165) is 44.5 Å². The molecule has 19 heavy (non-hydrogen) atoms. The SMILES string of the molecule is CCC(N)Cc1nccn1CCCCC(C)(C)C#N. The van der Waals surface area contributed by atoms with Crippen LogP contribution < -0.4 is 5.73 Å². The minimum absolute atomic E-state index is 0.193. The first kappa shape index (κ1) is 15.7. The van der Waals surface area contributed by atoms with Gasteiger partial charge in [0.05, 0.1) is 11.5 Å². The predicted molar refractivity (Wildman–Crippen MR) is 77.4 cm³/mol. The van der Waals surface area contributed by atoms with Gasteiger partial charge >= 0.3 is 0 Å². The first-order chi connectivity index (χ1) is 8.98. The van der Waals surface area contributed by atoms with E-state index in [4.69, 9.17) is 11.0 Å². The summed E-state index contributed by atoms with van der Waals surface area (Å²) in [5.74, 6) is 1.08. The first-order valence-electron chi connectivity index (χ1n) is 7.15. The molecule has 4 nitrogen and oxygen atoms in total. The molecule has 0 aliphatic rings. The highest BCUT2D eigenvalue weighted by Gasteiger charge is 2.15. The van der Waals surface area contributed by atoms with Crippen molar-refractivity contribution in [1.82, 2.24) is 9.55 Å². The van der Waals surface area contributed by atoms with Gasteiger partial charge < -0.3 is 10.3 Å². The van der Waals surface area contributed by atoms with Crippen LogP contribution in [0.25, 0.3) is 0 Å². The molecule has 0 spiro atoms. The second kappa shape index (κ2) is 7.30. The van der Waals surface area contributed by atoms with E-state index in [9.17, 15) is 0 Å². The predicted octanol–water partition coefficient (Wildman–Crippen LogP) is 2.88. The fourth-order valence-corrected chi connectivity index (χ4v) is 2.02. The molecule has 0 aromatic carbocycles. The maximum atomic E-state index is 8.97. The van der Waals surface area contributed by atoms with Gasteiger partial charge in [-0.05, 0) is 33.1 Å². The number of imidazole rings is 1. The van der Waals surface area contributed by atoms with Gasteiger partial charge in [0, 0.05) is 31.4 Å². The summed E-state index contributed by atoms with van der Waals surface area (Å²) in [5.41, 5.74) is 5.77. The Morgan fingerprint density at radius 3 is 2.84 bits per heavy atom. The molecular weight excluding hydrogens is 236 g/mol. The molecule has 4 heteroatoms. The standard InChI is InChI=1S/C15H26N4/c1-4-13(17)11-14-18-8-10-19(14)9-6-5-7-15(2,3)12-16/h8,10,13H,4-7,9,11,17H2,1-3H3. The number of rotatable bonds is 8. The Balaban J connectivity index is 2.38. The van der Waals surface area contributed by atoms with Gasteiger partial charge in [-0.15, -0.1) is 0 Å². The Morgan fingerprint density at radius 2 is 2.21 bits per heavy atom. The van der Waals surface area contributed by atoms with Crippen LogP contribution in [0, 0.1) is 16.7 Å². The number of aryl methyl sites for hydroxylation is 1. The Labute approximate surface area is 116 Å². The molecule has 106 valence electrons. The van der Waals surface area contributed by atoms with Gasteiger partial charge in [0.1, 0.15) is 5.82 Å². The third kappa shape index (κ3) is 5.44. The van der Waals surface area contributed by atoms with Crippen molar-refractivity contribution in [1.29, 1.82) is 5.26 Å². The van der Waals surface area contributed by atoms with E-state index >= 15 is 0 Å². The third-order valence-corrected chi connectivity index (χ3v) is 3.52. The Bertz CT molecular complexity index is 414. The van der Waals surface area contributed by atoms with E-state index in [2.05, 4.69) is 22.5 Å². The van der Waals surface area contributed by atoms with Crippen molar-refractivity contribution in [2.24, 2.45) is 11.1 Å². The van der Waals surface area contributed by atoms with Crippen LogP contribution in [0.4, 0.5) is 0 Å². The van der Waals surface area contributed by atoms with Crippen LogP contribution in [-0.4, -0.2) is 15.6 Å². The fraction of sp³-hybridized carbons (Fsp3) is 0.733. The van der Waals surface area contributed by atoms with Crippen LogP contribution in [0.5, 0.6) is 0 Å². The van der Waals surface area contributed by atoms with E-state index in [1.54, 1.807) is 0 Å². The normalized spacial score (nSPS) is 13.2. The molecule has 0 aliphatic carbocycles. The minimum atomic E-state index is -0.206. The number of nitrogens with zero attached hydrogens (tertiary/aromatic N) is 3. The highest BCUT2D eigenvalue weighted by molar-refractivity contribution is 4.95. The number of aromatic nitrogens is 2. The van der Waals surface area contributed by atoms with E-state index < -0.39 is 0 Å². The van der Waals surface area contributed by atoms with Gasteiger partial charge in [-0.2, -0.15) is 5.26 Å². The smallest absolute Gasteiger partial charge is 0.110 e. The summed E-state index contributed by atoms with van der Waals surface area (Å²) < 4.78 is 2.19. The van der Waals surface area contributed by atoms with Crippen molar-refractivity contribution in [3.05, 3.63) is 18.2 Å². The molecular formula is C15H26N4. The summed E-state index contributed by atoms with van der Waals surface area (Å²) >= 11 is 0. The van der Waals surface area contributed by atoms with Crippen LogP contribution >= 0.6 is 0 Å². The van der Waals surface area contributed by atoms with Crippen molar-refractivity contribution in [2.75, 3.05) is 0 Å². The maximum Gasteiger partial charge on any atom is 0.110 e. The van der Waals surface area contributed by atoms with Crippen LogP contribution in [0.15, 0.2) is 12.4 Å². The van der Waals surface area contributed by atoms with E-state index in [1.807, 2.05) is 26.2 Å². The molecule has 1 rings (SSSR count). The lowest BCUT2D eigenvalue weighted by Crippen LogP contribution is -2.23. The lowest BCUT2D eigenvalue weighted by Gasteiger charge is -2.15. The molecule has 1 atom stereocenters. The van der Waals surface area contributed by atoms with Crippen molar-refractivity contribution in [3.8, 4) is 6.07 Å². The third-order valence-electron chi connectivity index (χ3n) is 3.52. The molecule has 1 heterocycles. The summed E-state index contributed by atoms with van der Waals surface area (Å²) in [7, 11) is 0. The number of hydrogen-bond donors (Lipinski definition) is 1. The van der Waals surface area contributed by atoms with Crippen LogP contribution in [0.3, 0.4) is 0 Å². The second-order valence-corrected chi connectivity index (χ2v) is 5.86. The number of nitriles is 1. The summed E-state index contributed by atoms with van der Waals surface area (Å²) in [6, 6.07) is 2.54. The van der Waals surface area contributed by atoms with Gasteiger partial charge in [0.2, 0.25) is 0 Å². The number of nitrogens with two attached hydrogens (primary N) is 1. The van der Waals surface area contributed by atoms with Crippen molar-refractivity contribution in [3.63, 3.8) is 0 Å². The zero-order chi connectivity index (χ0) is 14.3. The molecule has 0 aliphatic heterocycles. The quantitative estimate of drug-likeness (QED) is 0.732. The summed E-state index contributed by atoms with van der Waals surface area (Å²) in [5, 5.41) is 8.97. The highest BCUT2D eigenvalue weighted by atomic mass is 15.1. The fourth-order valence-electron chi connectivity index (χ4n) is 2.02. The molecule has 1 aromatic heterocycles. The molecule has 2 N–H and O–H groups in total. The Hall–Kier alpha value is -1.34. The van der Waals surface area contributed by atoms with E-state index in [0.29, 0.717) is 0 Å². The molecule has 0 saturated carbocycles. The van der Waals surface area contributed by atoms with Gasteiger partial charge in [0.15, 0.2) is 0 Å². The van der Waals surface area contributed by atoms with Crippen LogP contribution in [0.1, 0.15) is 52.3 Å². The largest absolute Gasteiger partial charge is 0.335 e. The van der Waals surface area contributed by atoms with E-state index in [-0.39, 0.29) is 11.5 Å². The molecule has 0 saturated heterocycles. The zero-order valence-corrected chi connectivity index (χ0v) is 12.4. The number of hydrogen-bond acceptors (Lipinski definition) is 3. The van der Waals surface area contributed by atoms with Gasteiger partial charge in [0.25, 0.3) is 0 Å². The Morgan fingerprint density at radius 1 is 1.47 bits per heavy atom. The maximum absolute atomic E-state index is 8.97. The number of unbranched alkanes of at least 4 members (excludes halogenated alkanes) is 1. The Kier molecular flexibility index (Phi) is 6.04. The summed E-state index contributed by atoms with van der Waals surface area (Å²) in [6.45, 7) is 7.06. The molecule has 1 unspecified atom stereocenters. The van der Waals surface area contributed by atoms with Gasteiger partial charge in [-0.25, -0.2) is 4.98 Å². The van der Waals surface area contributed by atoms with E-state index in [1.165, 1.54) is 0 Å². The molecule has 1 aromatic rings. The van der Waals surface area contributed by atoms with Gasteiger partial charge in [-0.3, -0.25) is 0 Å². The summed E-state index contributed by atoms with van der Waals surface area (Å²) in [6.07, 6.45) is 8.77. The lowest BCUT2D eigenvalue weighted by molar-refractivity contribution is 0.414. The van der Waals surface area contributed by atoms with Crippen molar-refractivity contribution < 1.29 is 0 Å². The lowest BCUT2D eigenvalue weighted by atomic mass is 9.89. The average Bonchev–Trinajstić information content (AvgIpc) is 2.82. The topological polar surface area (TPSA) is 67.6 Å². The van der Waals surface area contributed by atoms with Crippen LogP contribution in [-0.2, 0) is 13.0 Å². The first-order valence-corrected chi connectivity index (χ1v) is 7.15. The molecule has 0 radical (unpaired) electrons. The van der Waals surface area contributed by atoms with Crippen LogP contribution in [0.2, 0.25) is 0 Å². The van der Waals surface area contributed by atoms with Gasteiger partial charge in [-0.1, -0.05) is 13.3 Å².